The molecule has 4 heteroatoms. The first-order valence-electron chi connectivity index (χ1n) is 10.6. The molecule has 0 bridgehead atoms. The molecule has 0 unspecified atom stereocenters. The van der Waals surface area contributed by atoms with Crippen LogP contribution >= 0.6 is 0 Å². The van der Waals surface area contributed by atoms with Crippen LogP contribution in [-0.2, 0) is 0 Å². The van der Waals surface area contributed by atoms with Gasteiger partial charge in [-0.15, -0.1) is 0 Å². The Morgan fingerprint density at radius 1 is 0.606 bits per heavy atom. The van der Waals surface area contributed by atoms with E-state index in [0.717, 1.165) is 33.4 Å². The summed E-state index contributed by atoms with van der Waals surface area (Å²) in [5.41, 5.74) is 6.20. The van der Waals surface area contributed by atoms with Crippen LogP contribution in [0.4, 0.5) is 0 Å². The van der Waals surface area contributed by atoms with Crippen molar-refractivity contribution in [2.75, 3.05) is 0 Å². The van der Waals surface area contributed by atoms with E-state index in [4.69, 9.17) is 0 Å². The number of aromatic nitrogens is 2. The van der Waals surface area contributed by atoms with Crippen molar-refractivity contribution in [3.05, 3.63) is 125 Å². The molecule has 4 aromatic carbocycles. The molecular formula is C29H19N3O. The van der Waals surface area contributed by atoms with E-state index >= 15 is 0 Å². The van der Waals surface area contributed by atoms with Crippen molar-refractivity contribution in [3.63, 3.8) is 0 Å². The number of hydrogen-bond acceptors (Lipinski definition) is 3. The molecule has 0 atom stereocenters. The Morgan fingerprint density at radius 3 is 1.61 bits per heavy atom. The zero-order valence-corrected chi connectivity index (χ0v) is 17.7. The molecule has 0 aliphatic heterocycles. The number of H-pyrrole nitrogens is 1. The summed E-state index contributed by atoms with van der Waals surface area (Å²) in [6, 6.07) is 37.8. The molecule has 0 saturated carbocycles. The smallest absolute Gasteiger partial charge is 0.266 e. The molecule has 0 saturated heterocycles. The van der Waals surface area contributed by atoms with Gasteiger partial charge in [-0.05, 0) is 27.8 Å². The van der Waals surface area contributed by atoms with Crippen molar-refractivity contribution in [2.45, 2.75) is 0 Å². The second-order valence-electron chi connectivity index (χ2n) is 7.59. The van der Waals surface area contributed by atoms with E-state index in [1.165, 1.54) is 0 Å². The van der Waals surface area contributed by atoms with Crippen LogP contribution in [-0.4, -0.2) is 10.2 Å². The fraction of sp³-hybridized carbons (Fsp3) is 0. The maximum atomic E-state index is 12.7. The van der Waals surface area contributed by atoms with Crippen molar-refractivity contribution in [3.8, 4) is 50.7 Å². The van der Waals surface area contributed by atoms with Gasteiger partial charge in [0.25, 0.3) is 5.56 Å². The highest BCUT2D eigenvalue weighted by Crippen LogP contribution is 2.40. The average molecular weight is 425 g/mol. The molecule has 5 aromatic rings. The van der Waals surface area contributed by atoms with E-state index in [1.807, 2.05) is 109 Å². The molecule has 0 fully saturated rings. The summed E-state index contributed by atoms with van der Waals surface area (Å²) in [7, 11) is 0. The molecule has 5 rings (SSSR count). The topological polar surface area (TPSA) is 69.5 Å². The van der Waals surface area contributed by atoms with E-state index in [2.05, 4.69) is 16.3 Å². The molecule has 0 aliphatic rings. The van der Waals surface area contributed by atoms with E-state index in [0.29, 0.717) is 11.3 Å². The number of hydrogen-bond donors (Lipinski definition) is 1. The number of nitrogens with zero attached hydrogens (tertiary/aromatic N) is 2. The fourth-order valence-electron chi connectivity index (χ4n) is 4.14. The van der Waals surface area contributed by atoms with Gasteiger partial charge in [0.2, 0.25) is 0 Å². The van der Waals surface area contributed by atoms with E-state index in [-0.39, 0.29) is 5.56 Å². The van der Waals surface area contributed by atoms with Gasteiger partial charge in [0.05, 0.1) is 0 Å². The summed E-state index contributed by atoms with van der Waals surface area (Å²) in [6.07, 6.45) is 0. The number of nitriles is 1. The zero-order valence-electron chi connectivity index (χ0n) is 17.7. The number of benzene rings is 4. The Morgan fingerprint density at radius 2 is 1.06 bits per heavy atom. The maximum absolute atomic E-state index is 12.7. The Kier molecular flexibility index (Phi) is 5.37. The van der Waals surface area contributed by atoms with Gasteiger partial charge in [-0.1, -0.05) is 109 Å². The van der Waals surface area contributed by atoms with Gasteiger partial charge in [-0.3, -0.25) is 4.79 Å². The fourth-order valence-corrected chi connectivity index (χ4v) is 4.14. The zero-order chi connectivity index (χ0) is 22.6. The second kappa shape index (κ2) is 8.78. The molecule has 0 spiro atoms. The summed E-state index contributed by atoms with van der Waals surface area (Å²) < 4.78 is 0. The Bertz CT molecular complexity index is 1530. The van der Waals surface area contributed by atoms with Crippen molar-refractivity contribution in [2.24, 2.45) is 0 Å². The minimum atomic E-state index is -0.503. The second-order valence-corrected chi connectivity index (χ2v) is 7.59. The Labute approximate surface area is 191 Å². The van der Waals surface area contributed by atoms with Gasteiger partial charge in [-0.2, -0.15) is 10.4 Å². The first-order valence-corrected chi connectivity index (χ1v) is 10.6. The standard InChI is InChI=1S/C29H19N3O/c30-19-26-27(24-17-9-7-15-22(24)20-11-3-1-4-12-20)28(31-32-29(26)33)25-18-10-8-16-23(25)21-13-5-2-6-14-21/h1-18H,(H,32,33). The molecule has 4 nitrogen and oxygen atoms in total. The molecule has 156 valence electrons. The van der Waals surface area contributed by atoms with Crippen molar-refractivity contribution in [1.29, 1.82) is 5.26 Å². The molecular weight excluding hydrogens is 406 g/mol. The highest BCUT2D eigenvalue weighted by atomic mass is 16.1. The van der Waals surface area contributed by atoms with Crippen LogP contribution in [0.3, 0.4) is 0 Å². The Balaban J connectivity index is 1.85. The van der Waals surface area contributed by atoms with Gasteiger partial charge in [-0.25, -0.2) is 5.10 Å². The minimum Gasteiger partial charge on any atom is -0.266 e. The molecule has 1 heterocycles. The predicted octanol–water partition coefficient (Wildman–Crippen LogP) is 6.31. The SMILES string of the molecule is N#Cc1c(-c2ccccc2-c2ccccc2)c(-c2ccccc2-c2ccccc2)n[nH]c1=O. The lowest BCUT2D eigenvalue weighted by molar-refractivity contribution is 0.990. The number of nitrogens with one attached hydrogen (secondary N) is 1. The maximum Gasteiger partial charge on any atom is 0.282 e. The van der Waals surface area contributed by atoms with Gasteiger partial charge >= 0.3 is 0 Å². The van der Waals surface area contributed by atoms with Gasteiger partial charge in [0.1, 0.15) is 17.3 Å². The van der Waals surface area contributed by atoms with E-state index in [9.17, 15) is 10.1 Å². The summed E-state index contributed by atoms with van der Waals surface area (Å²) in [5.74, 6) is 0. The van der Waals surface area contributed by atoms with Crippen LogP contribution < -0.4 is 5.56 Å². The summed E-state index contributed by atoms with van der Waals surface area (Å²) >= 11 is 0. The third kappa shape index (κ3) is 3.73. The highest BCUT2D eigenvalue weighted by molar-refractivity contribution is 5.95. The minimum absolute atomic E-state index is 0.0474. The van der Waals surface area contributed by atoms with Crippen LogP contribution in [0.15, 0.2) is 114 Å². The third-order valence-corrected chi connectivity index (χ3v) is 5.64. The third-order valence-electron chi connectivity index (χ3n) is 5.64. The largest absolute Gasteiger partial charge is 0.282 e. The van der Waals surface area contributed by atoms with Gasteiger partial charge < -0.3 is 0 Å². The van der Waals surface area contributed by atoms with Crippen LogP contribution in [0.2, 0.25) is 0 Å². The first-order chi connectivity index (χ1) is 16.3. The normalized spacial score (nSPS) is 10.5. The lowest BCUT2D eigenvalue weighted by Crippen LogP contribution is -2.15. The van der Waals surface area contributed by atoms with Gasteiger partial charge in [0.15, 0.2) is 0 Å². The number of rotatable bonds is 4. The average Bonchev–Trinajstić information content (AvgIpc) is 2.89. The van der Waals surface area contributed by atoms with Crippen molar-refractivity contribution < 1.29 is 0 Å². The molecule has 1 aromatic heterocycles. The van der Waals surface area contributed by atoms with Crippen LogP contribution in [0.25, 0.3) is 44.6 Å². The molecule has 0 radical (unpaired) electrons. The highest BCUT2D eigenvalue weighted by Gasteiger charge is 2.22. The van der Waals surface area contributed by atoms with E-state index < -0.39 is 5.56 Å². The lowest BCUT2D eigenvalue weighted by atomic mass is 9.88. The van der Waals surface area contributed by atoms with Crippen LogP contribution in [0.1, 0.15) is 5.56 Å². The first kappa shape index (κ1) is 20.2. The molecule has 0 aliphatic carbocycles. The predicted molar refractivity (Wildman–Crippen MR) is 131 cm³/mol. The molecule has 0 amide bonds. The lowest BCUT2D eigenvalue weighted by Gasteiger charge is -2.16. The molecule has 33 heavy (non-hydrogen) atoms. The van der Waals surface area contributed by atoms with Crippen LogP contribution in [0, 0.1) is 11.3 Å². The number of aromatic amines is 1. The summed E-state index contributed by atoms with van der Waals surface area (Å²) in [5, 5.41) is 17.0. The summed E-state index contributed by atoms with van der Waals surface area (Å²) in [4.78, 5) is 12.7. The van der Waals surface area contributed by atoms with Crippen molar-refractivity contribution in [1.82, 2.24) is 10.2 Å². The van der Waals surface area contributed by atoms with Crippen LogP contribution in [0.5, 0.6) is 0 Å². The van der Waals surface area contributed by atoms with E-state index in [1.54, 1.807) is 0 Å². The summed E-state index contributed by atoms with van der Waals surface area (Å²) in [6.45, 7) is 0. The Hall–Kier alpha value is -4.75. The van der Waals surface area contributed by atoms with Gasteiger partial charge in [0, 0.05) is 11.1 Å². The quantitative estimate of drug-likeness (QED) is 0.367. The monoisotopic (exact) mass is 425 g/mol. The molecule has 1 N–H and O–H groups in total. The van der Waals surface area contributed by atoms with Crippen molar-refractivity contribution >= 4 is 0 Å².